The first kappa shape index (κ1) is 16.0. The van der Waals surface area contributed by atoms with Crippen molar-refractivity contribution in [2.75, 3.05) is 13.7 Å². The maximum Gasteiger partial charge on any atom is 0.118 e. The molecule has 2 atom stereocenters. The van der Waals surface area contributed by atoms with Gasteiger partial charge in [-0.2, -0.15) is 0 Å². The molecule has 0 spiro atoms. The minimum Gasteiger partial charge on any atom is -0.497 e. The maximum atomic E-state index is 5.18. The van der Waals surface area contributed by atoms with Gasteiger partial charge in [0.1, 0.15) is 5.75 Å². The van der Waals surface area contributed by atoms with Crippen molar-refractivity contribution < 1.29 is 4.74 Å². The monoisotopic (exact) mass is 263 g/mol. The number of hydrogen-bond donors (Lipinski definition) is 1. The molecule has 2 heteroatoms. The van der Waals surface area contributed by atoms with E-state index in [2.05, 4.69) is 45.1 Å². The van der Waals surface area contributed by atoms with Crippen molar-refractivity contribution in [3.8, 4) is 5.75 Å². The van der Waals surface area contributed by atoms with Crippen LogP contribution in [0.1, 0.15) is 39.7 Å². The fourth-order valence-corrected chi connectivity index (χ4v) is 2.09. The van der Waals surface area contributed by atoms with E-state index in [4.69, 9.17) is 4.74 Å². The fourth-order valence-electron chi connectivity index (χ4n) is 2.09. The van der Waals surface area contributed by atoms with E-state index >= 15 is 0 Å². The zero-order chi connectivity index (χ0) is 14.3. The van der Waals surface area contributed by atoms with Crippen molar-refractivity contribution >= 4 is 0 Å². The molecular weight excluding hydrogens is 234 g/mol. The zero-order valence-electron chi connectivity index (χ0n) is 13.1. The lowest BCUT2D eigenvalue weighted by Crippen LogP contribution is -2.30. The highest BCUT2D eigenvalue weighted by Crippen LogP contribution is 2.19. The predicted molar refractivity (Wildman–Crippen MR) is 82.8 cm³/mol. The molecule has 0 heterocycles. The SMILES string of the molecule is COc1ccc(CCC(C)C(C)CNC(C)C)cc1. The average molecular weight is 263 g/mol. The van der Waals surface area contributed by atoms with E-state index in [1.54, 1.807) is 7.11 Å². The van der Waals surface area contributed by atoms with Crippen LogP contribution in [-0.4, -0.2) is 19.7 Å². The highest BCUT2D eigenvalue weighted by atomic mass is 16.5. The summed E-state index contributed by atoms with van der Waals surface area (Å²) in [6, 6.07) is 9.01. The van der Waals surface area contributed by atoms with Crippen LogP contribution in [0.5, 0.6) is 5.75 Å². The lowest BCUT2D eigenvalue weighted by Gasteiger charge is -2.21. The predicted octanol–water partition coefficient (Wildman–Crippen LogP) is 3.90. The molecule has 0 saturated carbocycles. The highest BCUT2D eigenvalue weighted by Gasteiger charge is 2.12. The van der Waals surface area contributed by atoms with Crippen LogP contribution in [0, 0.1) is 11.8 Å². The normalized spacial score (nSPS) is 14.4. The molecule has 0 bridgehead atoms. The van der Waals surface area contributed by atoms with E-state index in [1.165, 1.54) is 12.0 Å². The second-order valence-electron chi connectivity index (χ2n) is 5.90. The first-order valence-corrected chi connectivity index (χ1v) is 7.39. The fraction of sp³-hybridized carbons (Fsp3) is 0.647. The van der Waals surface area contributed by atoms with E-state index in [0.29, 0.717) is 6.04 Å². The molecule has 0 aliphatic heterocycles. The van der Waals surface area contributed by atoms with Crippen molar-refractivity contribution in [1.29, 1.82) is 0 Å². The molecule has 0 radical (unpaired) electrons. The average Bonchev–Trinajstić information content (AvgIpc) is 2.42. The highest BCUT2D eigenvalue weighted by molar-refractivity contribution is 5.27. The van der Waals surface area contributed by atoms with Crippen molar-refractivity contribution in [1.82, 2.24) is 5.32 Å². The smallest absolute Gasteiger partial charge is 0.118 e. The van der Waals surface area contributed by atoms with Crippen LogP contribution in [0.15, 0.2) is 24.3 Å². The van der Waals surface area contributed by atoms with E-state index in [-0.39, 0.29) is 0 Å². The van der Waals surface area contributed by atoms with Crippen LogP contribution < -0.4 is 10.1 Å². The number of aryl methyl sites for hydroxylation is 1. The lowest BCUT2D eigenvalue weighted by molar-refractivity contribution is 0.338. The quantitative estimate of drug-likeness (QED) is 0.768. The van der Waals surface area contributed by atoms with Gasteiger partial charge in [-0.3, -0.25) is 0 Å². The molecule has 0 saturated heterocycles. The van der Waals surface area contributed by atoms with E-state index in [1.807, 2.05) is 12.1 Å². The van der Waals surface area contributed by atoms with Crippen LogP contribution >= 0.6 is 0 Å². The summed E-state index contributed by atoms with van der Waals surface area (Å²) in [5, 5.41) is 3.52. The van der Waals surface area contributed by atoms with Crippen LogP contribution in [0.25, 0.3) is 0 Å². The third-order valence-corrected chi connectivity index (χ3v) is 3.87. The van der Waals surface area contributed by atoms with Crippen molar-refractivity contribution in [3.05, 3.63) is 29.8 Å². The van der Waals surface area contributed by atoms with E-state index < -0.39 is 0 Å². The molecule has 19 heavy (non-hydrogen) atoms. The van der Waals surface area contributed by atoms with Gasteiger partial charge in [0.2, 0.25) is 0 Å². The summed E-state index contributed by atoms with van der Waals surface area (Å²) in [6.07, 6.45) is 2.39. The number of benzene rings is 1. The summed E-state index contributed by atoms with van der Waals surface area (Å²) in [7, 11) is 1.71. The molecule has 1 aromatic carbocycles. The Hall–Kier alpha value is -1.02. The van der Waals surface area contributed by atoms with Gasteiger partial charge >= 0.3 is 0 Å². The summed E-state index contributed by atoms with van der Waals surface area (Å²) in [6.45, 7) is 10.2. The Morgan fingerprint density at radius 2 is 1.63 bits per heavy atom. The van der Waals surface area contributed by atoms with Gasteiger partial charge in [0, 0.05) is 6.04 Å². The lowest BCUT2D eigenvalue weighted by atomic mass is 9.90. The molecular formula is C17H29NO. The minimum absolute atomic E-state index is 0.580. The number of rotatable bonds is 8. The van der Waals surface area contributed by atoms with Crippen LogP contribution in [-0.2, 0) is 6.42 Å². The van der Waals surface area contributed by atoms with Crippen LogP contribution in [0.4, 0.5) is 0 Å². The van der Waals surface area contributed by atoms with Gasteiger partial charge in [0.05, 0.1) is 7.11 Å². The summed E-state index contributed by atoms with van der Waals surface area (Å²) >= 11 is 0. The van der Waals surface area contributed by atoms with E-state index in [0.717, 1.165) is 30.6 Å². The first-order chi connectivity index (χ1) is 9.02. The van der Waals surface area contributed by atoms with Crippen molar-refractivity contribution in [3.63, 3.8) is 0 Å². The molecule has 2 unspecified atom stereocenters. The maximum absolute atomic E-state index is 5.18. The number of nitrogens with one attached hydrogen (secondary N) is 1. The van der Waals surface area contributed by atoms with Gasteiger partial charge in [-0.25, -0.2) is 0 Å². The Labute approximate surface area is 118 Å². The molecule has 108 valence electrons. The van der Waals surface area contributed by atoms with Gasteiger partial charge in [0.15, 0.2) is 0 Å². The Kier molecular flexibility index (Phi) is 6.93. The van der Waals surface area contributed by atoms with Gasteiger partial charge in [-0.05, 0) is 48.9 Å². The van der Waals surface area contributed by atoms with Gasteiger partial charge < -0.3 is 10.1 Å². The summed E-state index contributed by atoms with van der Waals surface area (Å²) in [4.78, 5) is 0. The number of hydrogen-bond acceptors (Lipinski definition) is 2. The largest absolute Gasteiger partial charge is 0.497 e. The molecule has 0 amide bonds. The summed E-state index contributed by atoms with van der Waals surface area (Å²) in [5.41, 5.74) is 1.40. The Morgan fingerprint density at radius 1 is 1.00 bits per heavy atom. The molecule has 0 fully saturated rings. The summed E-state index contributed by atoms with van der Waals surface area (Å²) < 4.78 is 5.18. The van der Waals surface area contributed by atoms with Crippen LogP contribution in [0.3, 0.4) is 0 Å². The van der Waals surface area contributed by atoms with Crippen LogP contribution in [0.2, 0.25) is 0 Å². The zero-order valence-corrected chi connectivity index (χ0v) is 13.1. The Morgan fingerprint density at radius 3 is 2.16 bits per heavy atom. The van der Waals surface area contributed by atoms with Crippen molar-refractivity contribution in [2.45, 2.75) is 46.6 Å². The topological polar surface area (TPSA) is 21.3 Å². The molecule has 2 nitrogen and oxygen atoms in total. The Bertz CT molecular complexity index is 345. The third kappa shape index (κ3) is 6.11. The van der Waals surface area contributed by atoms with Crippen molar-refractivity contribution in [2.24, 2.45) is 11.8 Å². The molecule has 1 N–H and O–H groups in total. The van der Waals surface area contributed by atoms with Gasteiger partial charge in [0.25, 0.3) is 0 Å². The second-order valence-corrected chi connectivity index (χ2v) is 5.90. The standard InChI is InChI=1S/C17H29NO/c1-13(2)18-12-15(4)14(3)6-7-16-8-10-17(19-5)11-9-16/h8-11,13-15,18H,6-7,12H2,1-5H3. The second kappa shape index (κ2) is 8.21. The number of ether oxygens (including phenoxy) is 1. The molecule has 0 aliphatic carbocycles. The Balaban J connectivity index is 2.33. The third-order valence-electron chi connectivity index (χ3n) is 3.87. The molecule has 0 aliphatic rings. The van der Waals surface area contributed by atoms with Gasteiger partial charge in [-0.15, -0.1) is 0 Å². The molecule has 1 aromatic rings. The number of methoxy groups -OCH3 is 1. The first-order valence-electron chi connectivity index (χ1n) is 7.39. The molecule has 0 aromatic heterocycles. The van der Waals surface area contributed by atoms with E-state index in [9.17, 15) is 0 Å². The summed E-state index contributed by atoms with van der Waals surface area (Å²) in [5.74, 6) is 2.40. The minimum atomic E-state index is 0.580. The van der Waals surface area contributed by atoms with Gasteiger partial charge in [-0.1, -0.05) is 39.8 Å². The molecule has 1 rings (SSSR count).